The van der Waals surface area contributed by atoms with E-state index in [4.69, 9.17) is 15.3 Å². The van der Waals surface area contributed by atoms with Crippen LogP contribution >= 0.6 is 24.4 Å². The second-order valence-electron chi connectivity index (χ2n) is 7.84. The van der Waals surface area contributed by atoms with Crippen molar-refractivity contribution in [1.29, 1.82) is 0 Å². The van der Waals surface area contributed by atoms with Gasteiger partial charge in [0.15, 0.2) is 0 Å². The minimum atomic E-state index is -1.43. The van der Waals surface area contributed by atoms with Gasteiger partial charge in [0.05, 0.1) is 13.7 Å². The highest BCUT2D eigenvalue weighted by Gasteiger charge is 2.48. The van der Waals surface area contributed by atoms with E-state index in [1.165, 1.54) is 12.2 Å². The number of thiol groups is 1. The fourth-order valence-electron chi connectivity index (χ4n) is 2.68. The van der Waals surface area contributed by atoms with Gasteiger partial charge >= 0.3 is 5.97 Å². The maximum absolute atomic E-state index is 13.1. The normalized spacial score (nSPS) is 15.6. The molecule has 0 aliphatic heterocycles. The third kappa shape index (κ3) is 9.91. The lowest BCUT2D eigenvalue weighted by Crippen LogP contribution is -2.67. The number of thioether (sulfide) groups is 1. The molecule has 0 rings (SSSR count). The SMILES string of the molecule is CC[C@H](C)CCON(C(=O)CC(C)C)[C@](CCSC)(NCC(N)CS)C(=O)OC. The zero-order valence-corrected chi connectivity index (χ0v) is 20.6. The van der Waals surface area contributed by atoms with E-state index in [0.29, 0.717) is 37.0 Å². The summed E-state index contributed by atoms with van der Waals surface area (Å²) in [4.78, 5) is 32.1. The maximum atomic E-state index is 13.1. The molecule has 0 saturated heterocycles. The number of ether oxygens (including phenoxy) is 1. The lowest BCUT2D eigenvalue weighted by Gasteiger charge is -2.41. The van der Waals surface area contributed by atoms with Crippen molar-refractivity contribution in [3.63, 3.8) is 0 Å². The zero-order valence-electron chi connectivity index (χ0n) is 18.9. The Kier molecular flexibility index (Phi) is 15.1. The number of rotatable bonds is 16. The van der Waals surface area contributed by atoms with Gasteiger partial charge < -0.3 is 10.5 Å². The minimum absolute atomic E-state index is 0.124. The highest BCUT2D eigenvalue weighted by atomic mass is 32.2. The molecule has 0 aliphatic carbocycles. The van der Waals surface area contributed by atoms with Crippen LogP contribution in [-0.2, 0) is 19.2 Å². The topological polar surface area (TPSA) is 93.9 Å². The number of nitrogens with zero attached hydrogens (tertiary/aromatic N) is 1. The number of nitrogens with one attached hydrogen (secondary N) is 1. The van der Waals surface area contributed by atoms with Crippen LogP contribution in [0.1, 0.15) is 53.4 Å². The van der Waals surface area contributed by atoms with Gasteiger partial charge in [-0.05, 0) is 30.3 Å². The summed E-state index contributed by atoms with van der Waals surface area (Å²) in [6.45, 7) is 8.81. The van der Waals surface area contributed by atoms with Crippen LogP contribution in [0, 0.1) is 11.8 Å². The Balaban J connectivity index is 5.93. The first-order chi connectivity index (χ1) is 13.7. The highest BCUT2D eigenvalue weighted by Crippen LogP contribution is 2.25. The van der Waals surface area contributed by atoms with Gasteiger partial charge in [0.25, 0.3) is 0 Å². The smallest absolute Gasteiger partial charge is 0.349 e. The predicted octanol–water partition coefficient (Wildman–Crippen LogP) is 2.70. The van der Waals surface area contributed by atoms with E-state index in [2.05, 4.69) is 31.8 Å². The van der Waals surface area contributed by atoms with Gasteiger partial charge in [-0.25, -0.2) is 4.79 Å². The molecule has 0 bridgehead atoms. The van der Waals surface area contributed by atoms with Crippen molar-refractivity contribution in [2.45, 2.75) is 65.1 Å². The van der Waals surface area contributed by atoms with E-state index in [1.807, 2.05) is 20.1 Å². The molecule has 172 valence electrons. The second kappa shape index (κ2) is 15.3. The Bertz CT molecular complexity index is 483. The molecule has 3 N–H and O–H groups in total. The van der Waals surface area contributed by atoms with E-state index < -0.39 is 11.6 Å². The van der Waals surface area contributed by atoms with Crippen molar-refractivity contribution < 1.29 is 19.2 Å². The van der Waals surface area contributed by atoms with Crippen molar-refractivity contribution in [1.82, 2.24) is 10.4 Å². The van der Waals surface area contributed by atoms with Crippen molar-refractivity contribution in [3.05, 3.63) is 0 Å². The van der Waals surface area contributed by atoms with Crippen LogP contribution in [-0.4, -0.2) is 66.7 Å². The molecule has 1 amide bonds. The van der Waals surface area contributed by atoms with Crippen LogP contribution in [0.15, 0.2) is 0 Å². The molecule has 0 saturated carbocycles. The molecule has 0 spiro atoms. The summed E-state index contributed by atoms with van der Waals surface area (Å²) in [6, 6.07) is -0.279. The molecule has 0 radical (unpaired) electrons. The number of hydrogen-bond acceptors (Lipinski definition) is 8. The van der Waals surface area contributed by atoms with Crippen LogP contribution in [0.4, 0.5) is 0 Å². The minimum Gasteiger partial charge on any atom is -0.466 e. The van der Waals surface area contributed by atoms with Gasteiger partial charge in [-0.3, -0.25) is 14.9 Å². The monoisotopic (exact) mass is 451 g/mol. The predicted molar refractivity (Wildman–Crippen MR) is 124 cm³/mol. The standard InChI is InChI=1S/C20H41N3O4S2/c1-7-16(4)8-10-27-23(18(24)12-15(2)3)20(9-11-29-6,19(25)26-5)22-13-17(21)14-28/h15-17,22,28H,7-14,21H2,1-6H3/t16-,17?,20-/m0/s1. The molecule has 0 aromatic heterocycles. The Morgan fingerprint density at radius 1 is 1.31 bits per heavy atom. The van der Waals surface area contributed by atoms with Gasteiger partial charge in [0.2, 0.25) is 11.6 Å². The fraction of sp³-hybridized carbons (Fsp3) is 0.900. The number of hydrogen-bond donors (Lipinski definition) is 3. The number of esters is 1. The number of carbonyl (C=O) groups excluding carboxylic acids is 2. The van der Waals surface area contributed by atoms with Crippen molar-refractivity contribution in [2.24, 2.45) is 17.6 Å². The summed E-state index contributed by atoms with van der Waals surface area (Å²) in [6.07, 6.45) is 4.37. The van der Waals surface area contributed by atoms with Crippen LogP contribution in [0.5, 0.6) is 0 Å². The molecule has 0 aliphatic rings. The van der Waals surface area contributed by atoms with Crippen molar-refractivity contribution in [2.75, 3.05) is 38.0 Å². The third-order valence-corrected chi connectivity index (χ3v) is 5.85. The number of carbonyl (C=O) groups is 2. The number of nitrogens with two attached hydrogens (primary N) is 1. The average molecular weight is 452 g/mol. The Morgan fingerprint density at radius 2 is 1.97 bits per heavy atom. The first-order valence-corrected chi connectivity index (χ1v) is 12.4. The molecule has 7 nitrogen and oxygen atoms in total. The summed E-state index contributed by atoms with van der Waals surface area (Å²) in [5.41, 5.74) is 4.59. The molecule has 29 heavy (non-hydrogen) atoms. The van der Waals surface area contributed by atoms with E-state index >= 15 is 0 Å². The second-order valence-corrected chi connectivity index (χ2v) is 9.19. The van der Waals surface area contributed by atoms with Gasteiger partial charge in [-0.2, -0.15) is 29.5 Å². The summed E-state index contributed by atoms with van der Waals surface area (Å²) in [7, 11) is 1.32. The summed E-state index contributed by atoms with van der Waals surface area (Å²) >= 11 is 5.80. The lowest BCUT2D eigenvalue weighted by molar-refractivity contribution is -0.238. The quantitative estimate of drug-likeness (QED) is 0.144. The van der Waals surface area contributed by atoms with Gasteiger partial charge in [0, 0.05) is 31.2 Å². The molecular formula is C20H41N3O4S2. The Labute approximate surface area is 186 Å². The molecule has 3 atom stereocenters. The summed E-state index contributed by atoms with van der Waals surface area (Å²) in [5, 5.41) is 4.42. The number of hydroxylamine groups is 2. The Morgan fingerprint density at radius 3 is 2.45 bits per heavy atom. The van der Waals surface area contributed by atoms with E-state index in [0.717, 1.165) is 12.8 Å². The zero-order chi connectivity index (χ0) is 22.4. The largest absolute Gasteiger partial charge is 0.466 e. The third-order valence-electron chi connectivity index (χ3n) is 4.77. The van der Waals surface area contributed by atoms with Gasteiger partial charge in [-0.1, -0.05) is 34.1 Å². The van der Waals surface area contributed by atoms with Crippen LogP contribution < -0.4 is 11.1 Å². The van der Waals surface area contributed by atoms with Crippen LogP contribution in [0.2, 0.25) is 0 Å². The molecule has 1 unspecified atom stereocenters. The van der Waals surface area contributed by atoms with Gasteiger partial charge in [0.1, 0.15) is 0 Å². The number of methoxy groups -OCH3 is 1. The van der Waals surface area contributed by atoms with Crippen molar-refractivity contribution >= 4 is 36.3 Å². The molecule has 9 heteroatoms. The van der Waals surface area contributed by atoms with E-state index in [9.17, 15) is 9.59 Å². The first kappa shape index (κ1) is 28.5. The molecule has 0 aromatic carbocycles. The average Bonchev–Trinajstić information content (AvgIpc) is 2.70. The highest BCUT2D eigenvalue weighted by molar-refractivity contribution is 7.98. The van der Waals surface area contributed by atoms with E-state index in [1.54, 1.807) is 11.8 Å². The fourth-order valence-corrected chi connectivity index (χ4v) is 3.31. The number of amides is 1. The lowest BCUT2D eigenvalue weighted by atomic mass is 10.0. The van der Waals surface area contributed by atoms with E-state index in [-0.39, 0.29) is 24.3 Å². The molecular weight excluding hydrogens is 410 g/mol. The van der Waals surface area contributed by atoms with Crippen molar-refractivity contribution in [3.8, 4) is 0 Å². The summed E-state index contributed by atoms with van der Waals surface area (Å²) < 4.78 is 5.12. The molecule has 0 heterocycles. The van der Waals surface area contributed by atoms with Gasteiger partial charge in [-0.15, -0.1) is 0 Å². The van der Waals surface area contributed by atoms with Crippen LogP contribution in [0.25, 0.3) is 0 Å². The molecule has 0 fully saturated rings. The molecule has 0 aromatic rings. The first-order valence-electron chi connectivity index (χ1n) is 10.3. The van der Waals surface area contributed by atoms with Crippen LogP contribution in [0.3, 0.4) is 0 Å². The maximum Gasteiger partial charge on any atom is 0.349 e. The Hall–Kier alpha value is -0.480. The summed E-state index contributed by atoms with van der Waals surface area (Å²) in [5.74, 6) is 0.862.